The average molecular weight is 506 g/mol. The first-order chi connectivity index (χ1) is 16.8. The lowest BCUT2D eigenvalue weighted by Crippen LogP contribution is -2.41. The summed E-state index contributed by atoms with van der Waals surface area (Å²) in [5.74, 6) is 1.16. The molecule has 186 valence electrons. The molecule has 1 fully saturated rings. The Morgan fingerprint density at radius 2 is 1.77 bits per heavy atom. The van der Waals surface area contributed by atoms with Crippen LogP contribution in [0, 0.1) is 5.92 Å². The van der Waals surface area contributed by atoms with Crippen LogP contribution in [0.4, 0.5) is 19.0 Å². The smallest absolute Gasteiger partial charge is 0.358 e. The standard InChI is InChI=1S/C25H27ClF3N5O/c26-24-32-21(15-22(33-24)34-12-4-5-13-34)31-20(14-17-6-2-1-3-7-17)23(35)30-16-18-8-10-19(11-9-18)25(27,28)29/h4-5,8-13,15,17,20H,1-3,6-7,14,16H2,(H,30,35)(H,31,32,33). The molecule has 35 heavy (non-hydrogen) atoms. The fraction of sp³-hybridized carbons (Fsp3) is 0.400. The quantitative estimate of drug-likeness (QED) is 0.368. The molecular weight excluding hydrogens is 479 g/mol. The van der Waals surface area contributed by atoms with Crippen LogP contribution in [-0.2, 0) is 17.5 Å². The molecule has 1 amide bonds. The Labute approximate surface area is 206 Å². The fourth-order valence-electron chi connectivity index (χ4n) is 4.39. The second-order valence-corrected chi connectivity index (χ2v) is 9.16. The van der Waals surface area contributed by atoms with Gasteiger partial charge >= 0.3 is 6.18 Å². The van der Waals surface area contributed by atoms with E-state index in [0.29, 0.717) is 29.5 Å². The summed E-state index contributed by atoms with van der Waals surface area (Å²) in [6.07, 6.45) is 5.50. The lowest BCUT2D eigenvalue weighted by atomic mass is 9.84. The molecule has 0 aliphatic heterocycles. The van der Waals surface area contributed by atoms with Crippen molar-refractivity contribution in [3.8, 4) is 5.82 Å². The van der Waals surface area contributed by atoms with Gasteiger partial charge in [-0.05, 0) is 53.8 Å². The van der Waals surface area contributed by atoms with Crippen molar-refractivity contribution < 1.29 is 18.0 Å². The van der Waals surface area contributed by atoms with Gasteiger partial charge in [-0.15, -0.1) is 0 Å². The van der Waals surface area contributed by atoms with Crippen LogP contribution in [0.1, 0.15) is 49.7 Å². The van der Waals surface area contributed by atoms with E-state index in [1.807, 2.05) is 24.5 Å². The molecule has 6 nitrogen and oxygen atoms in total. The van der Waals surface area contributed by atoms with Crippen molar-refractivity contribution in [3.63, 3.8) is 0 Å². The van der Waals surface area contributed by atoms with Crippen molar-refractivity contribution in [2.24, 2.45) is 5.92 Å². The van der Waals surface area contributed by atoms with Crippen LogP contribution in [0.5, 0.6) is 0 Å². The van der Waals surface area contributed by atoms with Gasteiger partial charge in [0.15, 0.2) is 0 Å². The Morgan fingerprint density at radius 1 is 1.09 bits per heavy atom. The van der Waals surface area contributed by atoms with E-state index in [1.165, 1.54) is 18.6 Å². The Hall–Kier alpha value is -3.07. The Balaban J connectivity index is 1.47. The van der Waals surface area contributed by atoms with Crippen LogP contribution in [0.3, 0.4) is 0 Å². The zero-order valence-electron chi connectivity index (χ0n) is 19.1. The highest BCUT2D eigenvalue weighted by Crippen LogP contribution is 2.30. The van der Waals surface area contributed by atoms with Gasteiger partial charge in [0.25, 0.3) is 0 Å². The van der Waals surface area contributed by atoms with Gasteiger partial charge in [0.1, 0.15) is 17.7 Å². The number of rotatable bonds is 8. The van der Waals surface area contributed by atoms with Gasteiger partial charge in [-0.25, -0.2) is 4.98 Å². The van der Waals surface area contributed by atoms with E-state index in [1.54, 1.807) is 10.6 Å². The van der Waals surface area contributed by atoms with Gasteiger partial charge in [-0.3, -0.25) is 4.79 Å². The van der Waals surface area contributed by atoms with E-state index >= 15 is 0 Å². The van der Waals surface area contributed by atoms with E-state index in [9.17, 15) is 18.0 Å². The summed E-state index contributed by atoms with van der Waals surface area (Å²) in [6, 6.07) is 9.67. The second-order valence-electron chi connectivity index (χ2n) is 8.82. The molecular formula is C25H27ClF3N5O. The molecule has 0 saturated heterocycles. The van der Waals surface area contributed by atoms with E-state index in [0.717, 1.165) is 37.8 Å². The number of benzene rings is 1. The van der Waals surface area contributed by atoms with Crippen LogP contribution in [0.2, 0.25) is 5.28 Å². The lowest BCUT2D eigenvalue weighted by Gasteiger charge is -2.27. The molecule has 2 heterocycles. The molecule has 1 aliphatic carbocycles. The molecule has 1 aliphatic rings. The van der Waals surface area contributed by atoms with Crippen molar-refractivity contribution in [1.29, 1.82) is 0 Å². The molecule has 1 unspecified atom stereocenters. The Bertz CT molecular complexity index is 1110. The number of anilines is 1. The van der Waals surface area contributed by atoms with E-state index in [-0.39, 0.29) is 17.7 Å². The number of nitrogens with zero attached hydrogens (tertiary/aromatic N) is 3. The minimum Gasteiger partial charge on any atom is -0.358 e. The Kier molecular flexibility index (Phi) is 7.95. The molecule has 1 atom stereocenters. The van der Waals surface area contributed by atoms with Gasteiger partial charge in [0.2, 0.25) is 11.2 Å². The number of alkyl halides is 3. The summed E-state index contributed by atoms with van der Waals surface area (Å²) in [5.41, 5.74) is -0.133. The van der Waals surface area contributed by atoms with Crippen molar-refractivity contribution in [1.82, 2.24) is 19.9 Å². The lowest BCUT2D eigenvalue weighted by molar-refractivity contribution is -0.137. The average Bonchev–Trinajstić information content (AvgIpc) is 3.37. The summed E-state index contributed by atoms with van der Waals surface area (Å²) in [4.78, 5) is 21.7. The molecule has 0 bridgehead atoms. The van der Waals surface area contributed by atoms with Crippen LogP contribution in [-0.4, -0.2) is 26.5 Å². The molecule has 0 spiro atoms. The number of carbonyl (C=O) groups is 1. The van der Waals surface area contributed by atoms with Crippen molar-refractivity contribution >= 4 is 23.3 Å². The summed E-state index contributed by atoms with van der Waals surface area (Å²) in [5, 5.41) is 6.14. The first kappa shape index (κ1) is 25.0. The third kappa shape index (κ3) is 6.97. The number of nitrogens with one attached hydrogen (secondary N) is 2. The van der Waals surface area contributed by atoms with Crippen LogP contribution < -0.4 is 10.6 Å². The van der Waals surface area contributed by atoms with Gasteiger partial charge < -0.3 is 15.2 Å². The number of hydrogen-bond acceptors (Lipinski definition) is 4. The minimum absolute atomic E-state index is 0.0558. The largest absolute Gasteiger partial charge is 0.416 e. The minimum atomic E-state index is -4.39. The third-order valence-corrected chi connectivity index (χ3v) is 6.40. The highest BCUT2D eigenvalue weighted by Gasteiger charge is 2.30. The van der Waals surface area contributed by atoms with Crippen molar-refractivity contribution in [3.05, 3.63) is 71.3 Å². The van der Waals surface area contributed by atoms with E-state index in [2.05, 4.69) is 20.6 Å². The van der Waals surface area contributed by atoms with Gasteiger partial charge in [0.05, 0.1) is 5.56 Å². The highest BCUT2D eigenvalue weighted by molar-refractivity contribution is 6.28. The zero-order valence-corrected chi connectivity index (χ0v) is 19.8. The zero-order chi connectivity index (χ0) is 24.8. The molecule has 4 rings (SSSR count). The maximum atomic E-state index is 13.2. The maximum Gasteiger partial charge on any atom is 0.416 e. The van der Waals surface area contributed by atoms with Crippen LogP contribution >= 0.6 is 11.6 Å². The predicted molar refractivity (Wildman–Crippen MR) is 128 cm³/mol. The molecule has 2 aromatic heterocycles. The summed E-state index contributed by atoms with van der Waals surface area (Å²) < 4.78 is 40.2. The monoisotopic (exact) mass is 505 g/mol. The van der Waals surface area contributed by atoms with Crippen LogP contribution in [0.15, 0.2) is 54.9 Å². The summed E-state index contributed by atoms with van der Waals surface area (Å²) in [7, 11) is 0. The van der Waals surface area contributed by atoms with Crippen molar-refractivity contribution in [2.45, 2.75) is 57.3 Å². The van der Waals surface area contributed by atoms with Gasteiger partial charge in [-0.2, -0.15) is 18.2 Å². The van der Waals surface area contributed by atoms with Gasteiger partial charge in [-0.1, -0.05) is 44.2 Å². The second kappa shape index (κ2) is 11.1. The first-order valence-corrected chi connectivity index (χ1v) is 12.0. The number of halogens is 4. The number of aromatic nitrogens is 3. The third-order valence-electron chi connectivity index (χ3n) is 6.23. The molecule has 1 aromatic carbocycles. The predicted octanol–water partition coefficient (Wildman–Crippen LogP) is 6.01. The highest BCUT2D eigenvalue weighted by atomic mass is 35.5. The molecule has 1 saturated carbocycles. The van der Waals surface area contributed by atoms with Crippen molar-refractivity contribution in [2.75, 3.05) is 5.32 Å². The summed E-state index contributed by atoms with van der Waals surface area (Å²) in [6.45, 7) is 0.124. The Morgan fingerprint density at radius 3 is 2.43 bits per heavy atom. The van der Waals surface area contributed by atoms with Gasteiger partial charge in [0, 0.05) is 25.0 Å². The summed E-state index contributed by atoms with van der Waals surface area (Å²) >= 11 is 6.15. The fourth-order valence-corrected chi connectivity index (χ4v) is 4.57. The first-order valence-electron chi connectivity index (χ1n) is 11.7. The van der Waals surface area contributed by atoms with Crippen LogP contribution in [0.25, 0.3) is 5.82 Å². The number of hydrogen-bond donors (Lipinski definition) is 2. The number of carbonyl (C=O) groups excluding carboxylic acids is 1. The molecule has 0 radical (unpaired) electrons. The normalized spacial score (nSPS) is 15.5. The topological polar surface area (TPSA) is 71.8 Å². The number of amides is 1. The molecule has 3 aromatic rings. The SMILES string of the molecule is O=C(NCc1ccc(C(F)(F)F)cc1)C(CC1CCCCC1)Nc1cc(-n2cccc2)nc(Cl)n1. The molecule has 10 heteroatoms. The van der Waals surface area contributed by atoms with E-state index < -0.39 is 17.8 Å². The molecule has 2 N–H and O–H groups in total. The van der Waals surface area contributed by atoms with E-state index in [4.69, 9.17) is 11.6 Å². The maximum absolute atomic E-state index is 13.2.